The molecule has 0 aliphatic carbocycles. The summed E-state index contributed by atoms with van der Waals surface area (Å²) in [5.41, 5.74) is 5.00. The zero-order valence-electron chi connectivity index (χ0n) is 22.7. The normalized spacial score (nSPS) is 19.6. The molecule has 0 bridgehead atoms. The van der Waals surface area contributed by atoms with Crippen LogP contribution >= 0.6 is 8.53 Å². The van der Waals surface area contributed by atoms with Gasteiger partial charge in [-0.15, -0.1) is 0 Å². The third-order valence-electron chi connectivity index (χ3n) is 5.92. The molecule has 1 aliphatic heterocycles. The number of nitrogens with zero attached hydrogens (tertiary/aromatic N) is 5. The summed E-state index contributed by atoms with van der Waals surface area (Å²) in [6.45, 7) is 7.95. The van der Waals surface area contributed by atoms with Gasteiger partial charge < -0.3 is 24.3 Å². The smallest absolute Gasteiger partial charge is 0.351 e. The van der Waals surface area contributed by atoms with E-state index in [1.54, 1.807) is 0 Å². The number of non-ortho nitro benzene ring substituents is 1. The fourth-order valence-corrected chi connectivity index (χ4v) is 5.91. The average molecular weight is 577 g/mol. The predicted molar refractivity (Wildman–Crippen MR) is 145 cm³/mol. The maximum Gasteiger partial charge on any atom is 0.351 e. The summed E-state index contributed by atoms with van der Waals surface area (Å²) in [6, 6.07) is 8.66. The third-order valence-corrected chi connectivity index (χ3v) is 8.08. The molecular formula is C25H33N6O8P. The van der Waals surface area contributed by atoms with Crippen LogP contribution in [0.5, 0.6) is 0 Å². The van der Waals surface area contributed by atoms with Gasteiger partial charge in [-0.3, -0.25) is 14.7 Å². The van der Waals surface area contributed by atoms with Crippen LogP contribution in [0.4, 0.5) is 11.5 Å². The molecule has 2 heterocycles. The Morgan fingerprint density at radius 1 is 1.30 bits per heavy atom. The van der Waals surface area contributed by atoms with Gasteiger partial charge in [0.15, 0.2) is 0 Å². The number of nitrogens with two attached hydrogens (primary N) is 1. The lowest BCUT2D eigenvalue weighted by molar-refractivity contribution is -0.384. The second-order valence-electron chi connectivity index (χ2n) is 9.50. The fraction of sp³-hybridized carbons (Fsp3) is 0.520. The quantitative estimate of drug-likeness (QED) is 0.120. The van der Waals surface area contributed by atoms with Crippen molar-refractivity contribution in [3.8, 4) is 6.07 Å². The van der Waals surface area contributed by atoms with Gasteiger partial charge in [0.25, 0.3) is 14.2 Å². The van der Waals surface area contributed by atoms with Crippen LogP contribution in [0.15, 0.2) is 41.3 Å². The highest BCUT2D eigenvalue weighted by atomic mass is 31.2. The fourth-order valence-electron chi connectivity index (χ4n) is 4.15. The average Bonchev–Trinajstić information content (AvgIpc) is 3.29. The number of hydrogen-bond acceptors (Lipinski definition) is 12. The third kappa shape index (κ3) is 8.03. The first-order chi connectivity index (χ1) is 19.0. The molecule has 0 radical (unpaired) electrons. The monoisotopic (exact) mass is 576 g/mol. The van der Waals surface area contributed by atoms with Crippen LogP contribution in [0, 0.1) is 21.4 Å². The van der Waals surface area contributed by atoms with Crippen molar-refractivity contribution in [2.75, 3.05) is 18.9 Å². The summed E-state index contributed by atoms with van der Waals surface area (Å²) in [5, 5.41) is 19.9. The molecule has 4 atom stereocenters. The summed E-state index contributed by atoms with van der Waals surface area (Å²) in [5.74, 6) is -0.634. The second kappa shape index (κ2) is 14.2. The van der Waals surface area contributed by atoms with Crippen LogP contribution in [0.25, 0.3) is 0 Å². The highest BCUT2D eigenvalue weighted by Crippen LogP contribution is 2.50. The van der Waals surface area contributed by atoms with Crippen LogP contribution in [0.3, 0.4) is 0 Å². The molecular weight excluding hydrogens is 543 g/mol. The van der Waals surface area contributed by atoms with E-state index in [1.807, 2.05) is 27.7 Å². The highest BCUT2D eigenvalue weighted by molar-refractivity contribution is 7.44. The van der Waals surface area contributed by atoms with Crippen molar-refractivity contribution >= 4 is 26.0 Å². The lowest BCUT2D eigenvalue weighted by atomic mass is 10.2. The van der Waals surface area contributed by atoms with E-state index in [9.17, 15) is 19.7 Å². The number of ether oxygens (including phenoxy) is 2. The first-order valence-corrected chi connectivity index (χ1v) is 13.8. The Morgan fingerprint density at radius 2 is 1.98 bits per heavy atom. The second-order valence-corrected chi connectivity index (χ2v) is 10.9. The SMILES string of the molecule is CC(C)N(C(C)C)P(OCCC#N)O[C@H]1C[C@H](n2ccc(N)nc2=O)O[C@@H]1COC(=O)c1ccc([N+](=O)[O-])cc1. The lowest BCUT2D eigenvalue weighted by Crippen LogP contribution is -2.36. The number of carbonyl (C=O) groups is 1. The van der Waals surface area contributed by atoms with Crippen molar-refractivity contribution in [3.63, 3.8) is 0 Å². The molecule has 1 aromatic heterocycles. The molecule has 0 spiro atoms. The minimum absolute atomic E-state index is 0.0497. The summed E-state index contributed by atoms with van der Waals surface area (Å²) >= 11 is 0. The van der Waals surface area contributed by atoms with E-state index in [4.69, 9.17) is 29.5 Å². The molecule has 1 fully saturated rings. The number of nitro benzene ring substituents is 1. The van der Waals surface area contributed by atoms with Gasteiger partial charge in [0, 0.05) is 36.8 Å². The van der Waals surface area contributed by atoms with Gasteiger partial charge in [-0.1, -0.05) is 0 Å². The van der Waals surface area contributed by atoms with Crippen molar-refractivity contribution < 1.29 is 28.2 Å². The molecule has 1 aromatic carbocycles. The summed E-state index contributed by atoms with van der Waals surface area (Å²) in [4.78, 5) is 39.3. The van der Waals surface area contributed by atoms with Gasteiger partial charge in [0.2, 0.25) is 0 Å². The van der Waals surface area contributed by atoms with Crippen molar-refractivity contribution in [3.05, 3.63) is 62.7 Å². The van der Waals surface area contributed by atoms with Crippen molar-refractivity contribution in [2.45, 2.75) is 71.1 Å². The molecule has 1 aliphatic rings. The summed E-state index contributed by atoms with van der Waals surface area (Å²) in [6.07, 6.45) is -0.363. The first-order valence-electron chi connectivity index (χ1n) is 12.7. The number of anilines is 1. The standard InChI is InChI=1S/C25H33N6O8P/c1-16(2)30(17(3)4)40(37-13-5-11-26)39-20-14-23(29-12-10-22(27)28-25(29)33)38-21(20)15-36-24(32)18-6-8-19(9-7-18)31(34)35/h6-10,12,16-17,20-21,23H,5,13-15H2,1-4H3,(H2,27,28,33)/t20-,21+,23+,40?/m0/s1. The Balaban J connectivity index is 1.83. The maximum atomic E-state index is 12.7. The summed E-state index contributed by atoms with van der Waals surface area (Å²) < 4.78 is 27.4. The zero-order valence-corrected chi connectivity index (χ0v) is 23.6. The van der Waals surface area contributed by atoms with Gasteiger partial charge in [0.1, 0.15) is 24.8 Å². The number of esters is 1. The number of hydrogen-bond donors (Lipinski definition) is 1. The Kier molecular flexibility index (Phi) is 11.1. The van der Waals surface area contributed by atoms with Crippen LogP contribution in [0.2, 0.25) is 0 Å². The molecule has 14 nitrogen and oxygen atoms in total. The molecule has 216 valence electrons. The Bertz CT molecular complexity index is 1260. The molecule has 2 N–H and O–H groups in total. The topological polar surface area (TPSA) is 185 Å². The van der Waals surface area contributed by atoms with E-state index in [2.05, 4.69) is 15.7 Å². The van der Waals surface area contributed by atoms with Crippen molar-refractivity contribution in [1.82, 2.24) is 14.2 Å². The Morgan fingerprint density at radius 3 is 2.55 bits per heavy atom. The van der Waals surface area contributed by atoms with Crippen LogP contribution in [0.1, 0.15) is 57.1 Å². The summed E-state index contributed by atoms with van der Waals surface area (Å²) in [7, 11) is -1.66. The Labute approximate surface area is 232 Å². The highest BCUT2D eigenvalue weighted by Gasteiger charge is 2.42. The van der Waals surface area contributed by atoms with Crippen LogP contribution < -0.4 is 11.4 Å². The van der Waals surface area contributed by atoms with Gasteiger partial charge in [0.05, 0.1) is 35.7 Å². The van der Waals surface area contributed by atoms with Gasteiger partial charge in [-0.05, 0) is 45.9 Å². The number of benzene rings is 1. The maximum absolute atomic E-state index is 12.7. The number of carbonyl (C=O) groups excluding carboxylic acids is 1. The molecule has 1 saturated heterocycles. The number of rotatable bonds is 13. The lowest BCUT2D eigenvalue weighted by Gasteiger charge is -2.37. The molecule has 1 unspecified atom stereocenters. The minimum Gasteiger partial charge on any atom is -0.459 e. The van der Waals surface area contributed by atoms with Gasteiger partial charge in [-0.2, -0.15) is 10.2 Å². The van der Waals surface area contributed by atoms with Gasteiger partial charge >= 0.3 is 11.7 Å². The molecule has 15 heteroatoms. The molecule has 40 heavy (non-hydrogen) atoms. The van der Waals surface area contributed by atoms with E-state index >= 15 is 0 Å². The van der Waals surface area contributed by atoms with E-state index in [0.29, 0.717) is 0 Å². The minimum atomic E-state index is -1.66. The Hall–Kier alpha value is -3.47. The van der Waals surface area contributed by atoms with E-state index < -0.39 is 43.5 Å². The van der Waals surface area contributed by atoms with Crippen molar-refractivity contribution in [2.24, 2.45) is 0 Å². The number of aromatic nitrogens is 2. The number of nitriles is 1. The van der Waals surface area contributed by atoms with Crippen LogP contribution in [-0.4, -0.2) is 62.6 Å². The van der Waals surface area contributed by atoms with Crippen molar-refractivity contribution in [1.29, 1.82) is 5.26 Å². The zero-order chi connectivity index (χ0) is 29.4. The first kappa shape index (κ1) is 31.1. The molecule has 0 amide bonds. The molecule has 3 rings (SSSR count). The molecule has 2 aromatic rings. The predicted octanol–water partition coefficient (Wildman–Crippen LogP) is 3.54. The van der Waals surface area contributed by atoms with E-state index in [1.165, 1.54) is 41.1 Å². The number of nitrogen functional groups attached to an aromatic ring is 1. The van der Waals surface area contributed by atoms with Crippen LogP contribution in [-0.2, 0) is 18.5 Å². The van der Waals surface area contributed by atoms with E-state index in [0.717, 1.165) is 0 Å². The van der Waals surface area contributed by atoms with E-state index in [-0.39, 0.29) is 55.2 Å². The molecule has 0 saturated carbocycles. The van der Waals surface area contributed by atoms with Gasteiger partial charge in [-0.25, -0.2) is 14.3 Å². The number of nitro groups is 1. The largest absolute Gasteiger partial charge is 0.459 e.